The van der Waals surface area contributed by atoms with Crippen LogP contribution in [-0.4, -0.2) is 14.7 Å². The summed E-state index contributed by atoms with van der Waals surface area (Å²) in [5.74, 6) is 0. The Morgan fingerprint density at radius 3 is 2.53 bits per heavy atom. The molecule has 1 N–H and O–H groups in total. The standard InChI is InChI=1S/C11H10Cl2N4O2/c1-16-7(2-3-15-16)6-14-11-9(12)4-8(17(18)19)5-10(11)13/h2-5,14H,6H2,1H3. The van der Waals surface area contributed by atoms with Gasteiger partial charge in [0.05, 0.1) is 32.9 Å². The first-order valence-corrected chi connectivity index (χ1v) is 6.09. The van der Waals surface area contributed by atoms with Crippen LogP contribution in [0.4, 0.5) is 11.4 Å². The van der Waals surface area contributed by atoms with Crippen molar-refractivity contribution in [1.29, 1.82) is 0 Å². The third-order valence-corrected chi connectivity index (χ3v) is 3.20. The molecule has 0 aliphatic heterocycles. The summed E-state index contributed by atoms with van der Waals surface area (Å²) in [6.07, 6.45) is 1.68. The van der Waals surface area contributed by atoms with Gasteiger partial charge in [0.1, 0.15) is 0 Å². The van der Waals surface area contributed by atoms with E-state index in [1.807, 2.05) is 13.1 Å². The third-order valence-electron chi connectivity index (χ3n) is 2.61. The molecule has 0 fully saturated rings. The van der Waals surface area contributed by atoms with Gasteiger partial charge in [0.2, 0.25) is 0 Å². The van der Waals surface area contributed by atoms with E-state index in [1.54, 1.807) is 10.9 Å². The van der Waals surface area contributed by atoms with Gasteiger partial charge in [-0.05, 0) is 6.07 Å². The Morgan fingerprint density at radius 2 is 2.05 bits per heavy atom. The first-order valence-electron chi connectivity index (χ1n) is 5.33. The van der Waals surface area contributed by atoms with Gasteiger partial charge in [-0.3, -0.25) is 14.8 Å². The lowest BCUT2D eigenvalue weighted by Crippen LogP contribution is -2.06. The fourth-order valence-electron chi connectivity index (χ4n) is 1.59. The second-order valence-corrected chi connectivity index (χ2v) is 4.66. The fraction of sp³-hybridized carbons (Fsp3) is 0.182. The van der Waals surface area contributed by atoms with Gasteiger partial charge in [-0.2, -0.15) is 5.10 Å². The van der Waals surface area contributed by atoms with Gasteiger partial charge in [-0.1, -0.05) is 23.2 Å². The molecule has 2 rings (SSSR count). The molecular weight excluding hydrogens is 291 g/mol. The van der Waals surface area contributed by atoms with Gasteiger partial charge in [0, 0.05) is 25.4 Å². The highest BCUT2D eigenvalue weighted by Gasteiger charge is 2.14. The van der Waals surface area contributed by atoms with Crippen molar-refractivity contribution in [1.82, 2.24) is 9.78 Å². The van der Waals surface area contributed by atoms with Crippen LogP contribution in [0.3, 0.4) is 0 Å². The lowest BCUT2D eigenvalue weighted by Gasteiger charge is -2.10. The molecule has 6 nitrogen and oxygen atoms in total. The van der Waals surface area contributed by atoms with Crippen molar-refractivity contribution >= 4 is 34.6 Å². The van der Waals surface area contributed by atoms with Crippen LogP contribution in [0.5, 0.6) is 0 Å². The van der Waals surface area contributed by atoms with E-state index in [0.29, 0.717) is 12.2 Å². The molecule has 8 heteroatoms. The van der Waals surface area contributed by atoms with E-state index in [-0.39, 0.29) is 15.7 Å². The van der Waals surface area contributed by atoms with Crippen molar-refractivity contribution in [2.45, 2.75) is 6.54 Å². The van der Waals surface area contributed by atoms with Crippen LogP contribution in [0.25, 0.3) is 0 Å². The normalized spacial score (nSPS) is 10.5. The van der Waals surface area contributed by atoms with Crippen LogP contribution in [0, 0.1) is 10.1 Å². The smallest absolute Gasteiger partial charge is 0.272 e. The van der Waals surface area contributed by atoms with Crippen molar-refractivity contribution in [2.24, 2.45) is 7.05 Å². The number of hydrogen-bond donors (Lipinski definition) is 1. The Morgan fingerprint density at radius 1 is 1.42 bits per heavy atom. The largest absolute Gasteiger partial charge is 0.377 e. The Kier molecular flexibility index (Phi) is 3.92. The quantitative estimate of drug-likeness (QED) is 0.695. The number of aryl methyl sites for hydroxylation is 1. The maximum absolute atomic E-state index is 10.7. The SMILES string of the molecule is Cn1nccc1CNc1c(Cl)cc([N+](=O)[O-])cc1Cl. The minimum absolute atomic E-state index is 0.138. The van der Waals surface area contributed by atoms with E-state index < -0.39 is 4.92 Å². The highest BCUT2D eigenvalue weighted by molar-refractivity contribution is 6.39. The fourth-order valence-corrected chi connectivity index (χ4v) is 2.20. The zero-order chi connectivity index (χ0) is 14.0. The molecule has 100 valence electrons. The third kappa shape index (κ3) is 2.97. The Hall–Kier alpha value is -1.79. The number of halogens is 2. The molecule has 1 aromatic heterocycles. The molecule has 0 bridgehead atoms. The molecule has 1 aromatic carbocycles. The van der Waals surface area contributed by atoms with Gasteiger partial charge in [0.15, 0.2) is 0 Å². The Labute approximate surface area is 119 Å². The number of rotatable bonds is 4. The molecule has 0 saturated heterocycles. The number of anilines is 1. The van der Waals surface area contributed by atoms with Crippen molar-refractivity contribution in [3.8, 4) is 0 Å². The zero-order valence-electron chi connectivity index (χ0n) is 9.93. The van der Waals surface area contributed by atoms with Crippen molar-refractivity contribution in [3.63, 3.8) is 0 Å². The van der Waals surface area contributed by atoms with E-state index >= 15 is 0 Å². The zero-order valence-corrected chi connectivity index (χ0v) is 11.4. The van der Waals surface area contributed by atoms with E-state index in [2.05, 4.69) is 10.4 Å². The maximum atomic E-state index is 10.7. The predicted molar refractivity (Wildman–Crippen MR) is 73.7 cm³/mol. The number of benzene rings is 1. The van der Waals surface area contributed by atoms with E-state index in [4.69, 9.17) is 23.2 Å². The first kappa shape index (κ1) is 13.6. The molecule has 0 saturated carbocycles. The molecule has 0 aliphatic carbocycles. The summed E-state index contributed by atoms with van der Waals surface area (Å²) in [4.78, 5) is 10.1. The summed E-state index contributed by atoms with van der Waals surface area (Å²) in [7, 11) is 1.82. The first-order chi connectivity index (χ1) is 8.99. The molecule has 19 heavy (non-hydrogen) atoms. The second-order valence-electron chi connectivity index (χ2n) is 3.84. The monoisotopic (exact) mass is 300 g/mol. The predicted octanol–water partition coefficient (Wildman–Crippen LogP) is 3.25. The highest BCUT2D eigenvalue weighted by atomic mass is 35.5. The minimum Gasteiger partial charge on any atom is -0.377 e. The summed E-state index contributed by atoms with van der Waals surface area (Å²) in [5, 5.41) is 18.2. The lowest BCUT2D eigenvalue weighted by molar-refractivity contribution is -0.384. The van der Waals surface area contributed by atoms with Crippen LogP contribution in [0.2, 0.25) is 10.0 Å². The summed E-state index contributed by atoms with van der Waals surface area (Å²) in [6, 6.07) is 4.37. The van der Waals surface area contributed by atoms with Crippen molar-refractivity contribution in [3.05, 3.63) is 50.2 Å². The van der Waals surface area contributed by atoms with Gasteiger partial charge in [-0.15, -0.1) is 0 Å². The van der Waals surface area contributed by atoms with Gasteiger partial charge in [-0.25, -0.2) is 0 Å². The topological polar surface area (TPSA) is 73.0 Å². The molecule has 0 radical (unpaired) electrons. The number of non-ortho nitro benzene ring substituents is 1. The minimum atomic E-state index is -0.539. The Balaban J connectivity index is 2.21. The number of nitrogens with zero attached hydrogens (tertiary/aromatic N) is 3. The summed E-state index contributed by atoms with van der Waals surface area (Å²) >= 11 is 12.0. The number of nitro groups is 1. The van der Waals surface area contributed by atoms with Gasteiger partial charge >= 0.3 is 0 Å². The number of nitrogens with one attached hydrogen (secondary N) is 1. The van der Waals surface area contributed by atoms with Crippen LogP contribution in [-0.2, 0) is 13.6 Å². The molecule has 0 aliphatic rings. The van der Waals surface area contributed by atoms with Crippen LogP contribution >= 0.6 is 23.2 Å². The molecule has 2 aromatic rings. The van der Waals surface area contributed by atoms with Crippen molar-refractivity contribution in [2.75, 3.05) is 5.32 Å². The molecule has 0 atom stereocenters. The van der Waals surface area contributed by atoms with Crippen LogP contribution < -0.4 is 5.32 Å². The van der Waals surface area contributed by atoms with E-state index in [0.717, 1.165) is 5.69 Å². The molecule has 0 spiro atoms. The van der Waals surface area contributed by atoms with E-state index in [9.17, 15) is 10.1 Å². The summed E-state index contributed by atoms with van der Waals surface area (Å²) < 4.78 is 1.71. The average Bonchev–Trinajstić information content (AvgIpc) is 2.73. The maximum Gasteiger partial charge on any atom is 0.272 e. The molecule has 0 unspecified atom stereocenters. The second kappa shape index (κ2) is 5.46. The average molecular weight is 301 g/mol. The number of aromatic nitrogens is 2. The lowest BCUT2D eigenvalue weighted by atomic mass is 10.2. The van der Waals surface area contributed by atoms with Crippen LogP contribution in [0.15, 0.2) is 24.4 Å². The highest BCUT2D eigenvalue weighted by Crippen LogP contribution is 2.34. The number of nitro benzene ring substituents is 1. The van der Waals surface area contributed by atoms with Gasteiger partial charge < -0.3 is 5.32 Å². The molecule has 1 heterocycles. The van der Waals surface area contributed by atoms with Gasteiger partial charge in [0.25, 0.3) is 5.69 Å². The van der Waals surface area contributed by atoms with Crippen molar-refractivity contribution < 1.29 is 4.92 Å². The Bertz CT molecular complexity index is 604. The van der Waals surface area contributed by atoms with E-state index in [1.165, 1.54) is 12.1 Å². The molecular formula is C11H10Cl2N4O2. The summed E-state index contributed by atoms with van der Waals surface area (Å²) in [5.41, 5.74) is 1.27. The molecule has 0 amide bonds. The number of hydrogen-bond acceptors (Lipinski definition) is 4. The van der Waals surface area contributed by atoms with Crippen LogP contribution in [0.1, 0.15) is 5.69 Å². The summed E-state index contributed by atoms with van der Waals surface area (Å²) in [6.45, 7) is 0.466.